The Labute approximate surface area is 107 Å². The van der Waals surface area contributed by atoms with Crippen LogP contribution in [-0.2, 0) is 13.0 Å². The van der Waals surface area contributed by atoms with Gasteiger partial charge in [-0.25, -0.2) is 0 Å². The molecule has 2 aromatic heterocycles. The molecular weight excluding hydrogens is 228 g/mol. The summed E-state index contributed by atoms with van der Waals surface area (Å²) in [5.41, 5.74) is 7.37. The van der Waals surface area contributed by atoms with Crippen LogP contribution in [0.3, 0.4) is 0 Å². The minimum Gasteiger partial charge on any atom is -0.354 e. The second-order valence-electron chi connectivity index (χ2n) is 4.78. The molecule has 0 aliphatic carbocycles. The molecule has 1 atom stereocenters. The van der Waals surface area contributed by atoms with Crippen molar-refractivity contribution in [1.29, 1.82) is 0 Å². The Morgan fingerprint density at radius 3 is 2.82 bits per heavy atom. The van der Waals surface area contributed by atoms with Crippen molar-refractivity contribution in [3.63, 3.8) is 0 Å². The first kappa shape index (κ1) is 12.4. The van der Waals surface area contributed by atoms with Crippen molar-refractivity contribution >= 4 is 11.3 Å². The average molecular weight is 248 g/mol. The Kier molecular flexibility index (Phi) is 4.02. The van der Waals surface area contributed by atoms with E-state index in [1.54, 1.807) is 0 Å². The molecule has 0 amide bonds. The molecule has 2 rings (SSSR count). The highest BCUT2D eigenvalue weighted by Crippen LogP contribution is 2.19. The van der Waals surface area contributed by atoms with E-state index < -0.39 is 0 Å². The summed E-state index contributed by atoms with van der Waals surface area (Å²) in [6.45, 7) is 5.35. The fraction of sp³-hybridized carbons (Fsp3) is 0.429. The SMILES string of the molecule is CC(C)C(N)c1ccn(CCc2cccs2)c1. The number of nitrogens with zero attached hydrogens (tertiary/aromatic N) is 1. The molecule has 2 aromatic rings. The summed E-state index contributed by atoms with van der Waals surface area (Å²) in [6, 6.07) is 6.59. The van der Waals surface area contributed by atoms with E-state index in [4.69, 9.17) is 5.73 Å². The van der Waals surface area contributed by atoms with Gasteiger partial charge in [-0.2, -0.15) is 0 Å². The number of hydrogen-bond acceptors (Lipinski definition) is 2. The van der Waals surface area contributed by atoms with Gasteiger partial charge in [0.1, 0.15) is 0 Å². The van der Waals surface area contributed by atoms with Crippen molar-refractivity contribution in [3.05, 3.63) is 46.4 Å². The van der Waals surface area contributed by atoms with Gasteiger partial charge in [0.25, 0.3) is 0 Å². The molecule has 0 fully saturated rings. The molecule has 17 heavy (non-hydrogen) atoms. The van der Waals surface area contributed by atoms with E-state index in [2.05, 4.69) is 54.4 Å². The highest BCUT2D eigenvalue weighted by atomic mass is 32.1. The highest BCUT2D eigenvalue weighted by Gasteiger charge is 2.11. The van der Waals surface area contributed by atoms with Crippen LogP contribution in [-0.4, -0.2) is 4.57 Å². The van der Waals surface area contributed by atoms with Gasteiger partial charge in [-0.1, -0.05) is 19.9 Å². The monoisotopic (exact) mass is 248 g/mol. The first-order valence-corrected chi connectivity index (χ1v) is 6.98. The minimum atomic E-state index is 0.151. The molecule has 0 aliphatic heterocycles. The van der Waals surface area contributed by atoms with Gasteiger partial charge < -0.3 is 10.3 Å². The zero-order valence-corrected chi connectivity index (χ0v) is 11.3. The molecule has 0 aromatic carbocycles. The third kappa shape index (κ3) is 3.20. The van der Waals surface area contributed by atoms with Crippen LogP contribution < -0.4 is 5.73 Å². The van der Waals surface area contributed by atoms with Crippen molar-refractivity contribution in [2.24, 2.45) is 11.7 Å². The van der Waals surface area contributed by atoms with Gasteiger partial charge in [-0.05, 0) is 35.4 Å². The number of aryl methyl sites for hydroxylation is 2. The normalized spacial score (nSPS) is 13.2. The lowest BCUT2D eigenvalue weighted by atomic mass is 10.00. The van der Waals surface area contributed by atoms with Gasteiger partial charge in [0.05, 0.1) is 0 Å². The molecule has 0 aliphatic rings. The van der Waals surface area contributed by atoms with Crippen molar-refractivity contribution in [2.45, 2.75) is 32.9 Å². The van der Waals surface area contributed by atoms with E-state index in [0.29, 0.717) is 5.92 Å². The third-order valence-corrected chi connectivity index (χ3v) is 4.01. The second kappa shape index (κ2) is 5.52. The van der Waals surface area contributed by atoms with Crippen LogP contribution in [0, 0.1) is 5.92 Å². The van der Waals surface area contributed by atoms with Gasteiger partial charge >= 0.3 is 0 Å². The maximum Gasteiger partial charge on any atom is 0.0333 e. The summed E-state index contributed by atoms with van der Waals surface area (Å²) in [4.78, 5) is 1.44. The molecule has 2 heterocycles. The molecule has 0 saturated heterocycles. The lowest BCUT2D eigenvalue weighted by molar-refractivity contribution is 0.513. The van der Waals surface area contributed by atoms with Crippen LogP contribution in [0.15, 0.2) is 36.0 Å². The predicted octanol–water partition coefficient (Wildman–Crippen LogP) is 3.45. The van der Waals surface area contributed by atoms with Crippen molar-refractivity contribution in [3.8, 4) is 0 Å². The first-order chi connectivity index (χ1) is 8.16. The zero-order chi connectivity index (χ0) is 12.3. The molecule has 0 saturated carbocycles. The molecule has 0 radical (unpaired) electrons. The maximum absolute atomic E-state index is 6.13. The van der Waals surface area contributed by atoms with Gasteiger partial charge in [0, 0.05) is 29.9 Å². The van der Waals surface area contributed by atoms with E-state index >= 15 is 0 Å². The van der Waals surface area contributed by atoms with Gasteiger partial charge in [0.15, 0.2) is 0 Å². The van der Waals surface area contributed by atoms with E-state index in [1.807, 2.05) is 11.3 Å². The van der Waals surface area contributed by atoms with Crippen LogP contribution in [0.1, 0.15) is 30.3 Å². The second-order valence-corrected chi connectivity index (χ2v) is 5.81. The summed E-state index contributed by atoms with van der Waals surface area (Å²) >= 11 is 1.82. The highest BCUT2D eigenvalue weighted by molar-refractivity contribution is 7.09. The summed E-state index contributed by atoms with van der Waals surface area (Å²) in [5, 5.41) is 2.13. The number of hydrogen-bond donors (Lipinski definition) is 1. The lowest BCUT2D eigenvalue weighted by Crippen LogP contribution is -2.15. The molecule has 0 bridgehead atoms. The number of nitrogens with two attached hydrogens (primary N) is 1. The first-order valence-electron chi connectivity index (χ1n) is 6.10. The Morgan fingerprint density at radius 2 is 2.18 bits per heavy atom. The number of thiophene rings is 1. The summed E-state index contributed by atoms with van der Waals surface area (Å²) < 4.78 is 2.23. The van der Waals surface area contributed by atoms with Crippen molar-refractivity contribution < 1.29 is 0 Å². The molecular formula is C14H20N2S. The maximum atomic E-state index is 6.13. The van der Waals surface area contributed by atoms with E-state index in [0.717, 1.165) is 13.0 Å². The zero-order valence-electron chi connectivity index (χ0n) is 10.5. The van der Waals surface area contributed by atoms with Gasteiger partial charge in [-0.3, -0.25) is 0 Å². The summed E-state index contributed by atoms with van der Waals surface area (Å²) in [7, 11) is 0. The standard InChI is InChI=1S/C14H20N2S/c1-11(2)14(15)12-5-7-16(10-12)8-6-13-4-3-9-17-13/h3-5,7,9-11,14H,6,8,15H2,1-2H3. The molecule has 3 heteroatoms. The van der Waals surface area contributed by atoms with Crippen molar-refractivity contribution in [1.82, 2.24) is 4.57 Å². The van der Waals surface area contributed by atoms with Crippen LogP contribution in [0.4, 0.5) is 0 Å². The topological polar surface area (TPSA) is 30.9 Å². The fourth-order valence-electron chi connectivity index (χ4n) is 1.87. The van der Waals surface area contributed by atoms with Crippen LogP contribution in [0.5, 0.6) is 0 Å². The summed E-state index contributed by atoms with van der Waals surface area (Å²) in [5.74, 6) is 0.489. The number of aromatic nitrogens is 1. The Hall–Kier alpha value is -1.06. The Morgan fingerprint density at radius 1 is 1.35 bits per heavy atom. The van der Waals surface area contributed by atoms with Gasteiger partial charge in [0.2, 0.25) is 0 Å². The molecule has 2 nitrogen and oxygen atoms in total. The minimum absolute atomic E-state index is 0.151. The molecule has 92 valence electrons. The smallest absolute Gasteiger partial charge is 0.0333 e. The van der Waals surface area contributed by atoms with Gasteiger partial charge in [-0.15, -0.1) is 11.3 Å². The Bertz CT molecular complexity index is 442. The predicted molar refractivity (Wildman–Crippen MR) is 74.2 cm³/mol. The molecule has 2 N–H and O–H groups in total. The molecule has 0 spiro atoms. The van der Waals surface area contributed by atoms with E-state index in [9.17, 15) is 0 Å². The average Bonchev–Trinajstić information content (AvgIpc) is 2.96. The quantitative estimate of drug-likeness (QED) is 0.863. The Balaban J connectivity index is 1.94. The van der Waals surface area contributed by atoms with Crippen molar-refractivity contribution in [2.75, 3.05) is 0 Å². The van der Waals surface area contributed by atoms with Crippen LogP contribution >= 0.6 is 11.3 Å². The summed E-state index contributed by atoms with van der Waals surface area (Å²) in [6.07, 6.45) is 5.41. The van der Waals surface area contributed by atoms with E-state index in [1.165, 1.54) is 10.4 Å². The molecule has 1 unspecified atom stereocenters. The van der Waals surface area contributed by atoms with Crippen LogP contribution in [0.25, 0.3) is 0 Å². The van der Waals surface area contributed by atoms with Crippen LogP contribution in [0.2, 0.25) is 0 Å². The fourth-order valence-corrected chi connectivity index (χ4v) is 2.57. The third-order valence-electron chi connectivity index (χ3n) is 3.07. The largest absolute Gasteiger partial charge is 0.354 e. The number of rotatable bonds is 5. The van der Waals surface area contributed by atoms with E-state index in [-0.39, 0.29) is 6.04 Å². The lowest BCUT2D eigenvalue weighted by Gasteiger charge is -2.13.